The Balaban J connectivity index is 2.28. The van der Waals surface area contributed by atoms with Crippen molar-refractivity contribution in [3.8, 4) is 6.07 Å². The molecule has 0 heterocycles. The van der Waals surface area contributed by atoms with Crippen LogP contribution in [0, 0.1) is 11.3 Å². The summed E-state index contributed by atoms with van der Waals surface area (Å²) in [6.45, 7) is 4.70. The molecule has 2 rings (SSSR count). The second kappa shape index (κ2) is 7.42. The Bertz CT molecular complexity index is 673. The summed E-state index contributed by atoms with van der Waals surface area (Å²) >= 11 is 0. The molecule has 0 aliphatic rings. The van der Waals surface area contributed by atoms with Gasteiger partial charge in [0.1, 0.15) is 0 Å². The minimum absolute atomic E-state index is 0.0321. The summed E-state index contributed by atoms with van der Waals surface area (Å²) in [4.78, 5) is 14.7. The van der Waals surface area contributed by atoms with E-state index < -0.39 is 0 Å². The Morgan fingerprint density at radius 2 is 1.91 bits per heavy atom. The van der Waals surface area contributed by atoms with E-state index in [0.29, 0.717) is 17.7 Å². The Labute approximate surface area is 131 Å². The normalized spacial score (nSPS) is 11.5. The summed E-state index contributed by atoms with van der Waals surface area (Å²) in [5.41, 5.74) is 2.18. The number of carbonyl (C=O) groups is 1. The highest BCUT2D eigenvalue weighted by Crippen LogP contribution is 2.16. The van der Waals surface area contributed by atoms with Gasteiger partial charge in [-0.3, -0.25) is 4.79 Å². The lowest BCUT2D eigenvalue weighted by Crippen LogP contribution is -2.37. The van der Waals surface area contributed by atoms with Crippen molar-refractivity contribution >= 4 is 5.91 Å². The zero-order valence-corrected chi connectivity index (χ0v) is 13.0. The van der Waals surface area contributed by atoms with Crippen molar-refractivity contribution in [2.75, 3.05) is 0 Å². The highest BCUT2D eigenvalue weighted by molar-refractivity contribution is 5.94. The zero-order chi connectivity index (χ0) is 15.9. The molecule has 112 valence electrons. The van der Waals surface area contributed by atoms with E-state index in [4.69, 9.17) is 5.26 Å². The Morgan fingerprint density at radius 1 is 1.18 bits per heavy atom. The van der Waals surface area contributed by atoms with Crippen molar-refractivity contribution in [2.24, 2.45) is 0 Å². The minimum Gasteiger partial charge on any atom is -0.332 e. The van der Waals surface area contributed by atoms with Crippen LogP contribution in [0.4, 0.5) is 0 Å². The molecule has 1 unspecified atom stereocenters. The fraction of sp³-hybridized carbons (Fsp3) is 0.263. The lowest BCUT2D eigenvalue weighted by Gasteiger charge is -2.29. The van der Waals surface area contributed by atoms with E-state index in [1.807, 2.05) is 35.2 Å². The molecule has 0 radical (unpaired) electrons. The highest BCUT2D eigenvalue weighted by Gasteiger charge is 2.20. The summed E-state index contributed by atoms with van der Waals surface area (Å²) < 4.78 is 0. The zero-order valence-electron chi connectivity index (χ0n) is 13.0. The van der Waals surface area contributed by atoms with Crippen LogP contribution in [-0.4, -0.2) is 16.8 Å². The van der Waals surface area contributed by atoms with Gasteiger partial charge in [-0.1, -0.05) is 43.3 Å². The molecule has 0 N–H and O–H groups in total. The van der Waals surface area contributed by atoms with Crippen LogP contribution in [0.1, 0.15) is 41.8 Å². The molecule has 3 nitrogen and oxygen atoms in total. The molecule has 0 aromatic heterocycles. The molecular weight excluding hydrogens is 272 g/mol. The third-order valence-electron chi connectivity index (χ3n) is 3.82. The predicted octanol–water partition coefficient (Wildman–Crippen LogP) is 4.00. The topological polar surface area (TPSA) is 44.1 Å². The minimum atomic E-state index is -0.0321. The van der Waals surface area contributed by atoms with Crippen LogP contribution in [-0.2, 0) is 6.54 Å². The van der Waals surface area contributed by atoms with Gasteiger partial charge < -0.3 is 4.90 Å². The van der Waals surface area contributed by atoms with Crippen molar-refractivity contribution in [1.29, 1.82) is 5.26 Å². The third kappa shape index (κ3) is 3.73. The first-order valence-electron chi connectivity index (χ1n) is 7.50. The maximum absolute atomic E-state index is 12.8. The van der Waals surface area contributed by atoms with Crippen molar-refractivity contribution < 1.29 is 4.79 Å². The number of hydrogen-bond donors (Lipinski definition) is 0. The van der Waals surface area contributed by atoms with Gasteiger partial charge in [0.2, 0.25) is 0 Å². The van der Waals surface area contributed by atoms with Gasteiger partial charge in [-0.2, -0.15) is 5.26 Å². The molecule has 3 heteroatoms. The molecule has 0 fully saturated rings. The van der Waals surface area contributed by atoms with Crippen molar-refractivity contribution in [3.63, 3.8) is 0 Å². The molecule has 22 heavy (non-hydrogen) atoms. The molecule has 0 aliphatic heterocycles. The van der Waals surface area contributed by atoms with Gasteiger partial charge in [0, 0.05) is 18.2 Å². The van der Waals surface area contributed by atoms with E-state index in [2.05, 4.69) is 19.9 Å². The molecule has 0 spiro atoms. The van der Waals surface area contributed by atoms with Crippen LogP contribution >= 0.6 is 0 Å². The van der Waals surface area contributed by atoms with Crippen LogP contribution in [0.3, 0.4) is 0 Å². The quantitative estimate of drug-likeness (QED) is 0.836. The summed E-state index contributed by atoms with van der Waals surface area (Å²) in [5.74, 6) is -0.0321. The van der Waals surface area contributed by atoms with Crippen LogP contribution in [0.25, 0.3) is 0 Å². The first-order chi connectivity index (χ1) is 10.7. The molecule has 0 aliphatic carbocycles. The van der Waals surface area contributed by atoms with Gasteiger partial charge in [0.05, 0.1) is 11.6 Å². The average molecular weight is 292 g/mol. The van der Waals surface area contributed by atoms with E-state index in [0.717, 1.165) is 12.0 Å². The van der Waals surface area contributed by atoms with E-state index in [-0.39, 0.29) is 11.9 Å². The molecule has 2 aromatic rings. The van der Waals surface area contributed by atoms with Gasteiger partial charge in [-0.25, -0.2) is 0 Å². The van der Waals surface area contributed by atoms with Gasteiger partial charge in [0.15, 0.2) is 0 Å². The first kappa shape index (κ1) is 15.8. The molecule has 0 saturated carbocycles. The lowest BCUT2D eigenvalue weighted by atomic mass is 10.1. The van der Waals surface area contributed by atoms with E-state index in [1.54, 1.807) is 24.3 Å². The fourth-order valence-corrected chi connectivity index (χ4v) is 2.32. The van der Waals surface area contributed by atoms with Crippen LogP contribution in [0.15, 0.2) is 54.6 Å². The van der Waals surface area contributed by atoms with E-state index in [1.165, 1.54) is 0 Å². The van der Waals surface area contributed by atoms with E-state index >= 15 is 0 Å². The summed E-state index contributed by atoms with van der Waals surface area (Å²) in [7, 11) is 0. The number of carbonyl (C=O) groups excluding carboxylic acids is 1. The highest BCUT2D eigenvalue weighted by atomic mass is 16.2. The second-order valence-electron chi connectivity index (χ2n) is 5.37. The Morgan fingerprint density at radius 3 is 2.55 bits per heavy atom. The SMILES string of the molecule is CCC(C)N(Cc1ccccc1)C(=O)c1cccc(C#N)c1. The maximum atomic E-state index is 12.8. The number of amides is 1. The van der Waals surface area contributed by atoms with Gasteiger partial charge in [0.25, 0.3) is 5.91 Å². The van der Waals surface area contributed by atoms with Crippen LogP contribution in [0.2, 0.25) is 0 Å². The smallest absolute Gasteiger partial charge is 0.254 e. The molecule has 0 bridgehead atoms. The molecular formula is C19H20N2O. The van der Waals surface area contributed by atoms with Crippen LogP contribution < -0.4 is 0 Å². The fourth-order valence-electron chi connectivity index (χ4n) is 2.32. The number of hydrogen-bond acceptors (Lipinski definition) is 2. The van der Waals surface area contributed by atoms with Gasteiger partial charge in [-0.05, 0) is 37.1 Å². The van der Waals surface area contributed by atoms with E-state index in [9.17, 15) is 4.79 Å². The van der Waals surface area contributed by atoms with Gasteiger partial charge >= 0.3 is 0 Å². The average Bonchev–Trinajstić information content (AvgIpc) is 2.59. The molecule has 1 atom stereocenters. The number of benzene rings is 2. The summed E-state index contributed by atoms with van der Waals surface area (Å²) in [5, 5.41) is 9.00. The Hall–Kier alpha value is -2.60. The predicted molar refractivity (Wildman–Crippen MR) is 87.2 cm³/mol. The molecule has 2 aromatic carbocycles. The first-order valence-corrected chi connectivity index (χ1v) is 7.50. The monoisotopic (exact) mass is 292 g/mol. The summed E-state index contributed by atoms with van der Waals surface area (Å²) in [6, 6.07) is 19.1. The van der Waals surface area contributed by atoms with Crippen molar-refractivity contribution in [3.05, 3.63) is 71.3 Å². The van der Waals surface area contributed by atoms with Crippen LogP contribution in [0.5, 0.6) is 0 Å². The van der Waals surface area contributed by atoms with Crippen molar-refractivity contribution in [1.82, 2.24) is 4.90 Å². The molecule has 1 amide bonds. The largest absolute Gasteiger partial charge is 0.332 e. The third-order valence-corrected chi connectivity index (χ3v) is 3.82. The Kier molecular flexibility index (Phi) is 5.32. The van der Waals surface area contributed by atoms with Crippen molar-refractivity contribution in [2.45, 2.75) is 32.9 Å². The lowest BCUT2D eigenvalue weighted by molar-refractivity contribution is 0.0671. The maximum Gasteiger partial charge on any atom is 0.254 e. The molecule has 0 saturated heterocycles. The number of nitrogens with zero attached hydrogens (tertiary/aromatic N) is 2. The standard InChI is InChI=1S/C19H20N2O/c1-3-15(2)21(14-16-8-5-4-6-9-16)19(22)18-11-7-10-17(12-18)13-20/h4-12,15H,3,14H2,1-2H3. The second-order valence-corrected chi connectivity index (χ2v) is 5.37. The number of nitriles is 1. The van der Waals surface area contributed by atoms with Gasteiger partial charge in [-0.15, -0.1) is 0 Å². The summed E-state index contributed by atoms with van der Waals surface area (Å²) in [6.07, 6.45) is 0.885. The number of rotatable bonds is 5.